The lowest BCUT2D eigenvalue weighted by Crippen LogP contribution is -2.87. The highest BCUT2D eigenvalue weighted by Crippen LogP contribution is 2.50. The number of carboxylic acid groups (broad SMARTS) is 1. The molecule has 7 heteroatoms. The van der Waals surface area contributed by atoms with E-state index in [1.54, 1.807) is 11.8 Å². The Morgan fingerprint density at radius 1 is 1.47 bits per heavy atom. The van der Waals surface area contributed by atoms with Crippen molar-refractivity contribution in [2.45, 2.75) is 36.4 Å². The summed E-state index contributed by atoms with van der Waals surface area (Å²) in [6.07, 6.45) is 0.470. The SMILES string of the molecule is C1COCC[NH2+]1.CC1(C)S[C@@H]2CC(=O)N2[C@H]1C(=O)[O-]. The third kappa shape index (κ3) is 3.04. The van der Waals surface area contributed by atoms with Gasteiger partial charge in [0.15, 0.2) is 0 Å². The normalized spacial score (nSPS) is 31.9. The number of ether oxygens (including phenoxy) is 1. The average Bonchev–Trinajstić information content (AvgIpc) is 2.59. The molecule has 2 N–H and O–H groups in total. The Labute approximate surface area is 116 Å². The van der Waals surface area contributed by atoms with Crippen molar-refractivity contribution >= 4 is 23.6 Å². The van der Waals surface area contributed by atoms with E-state index in [1.807, 2.05) is 13.8 Å². The van der Waals surface area contributed by atoms with Crippen LogP contribution in [-0.2, 0) is 14.3 Å². The average molecular weight is 288 g/mol. The number of morpholine rings is 1. The van der Waals surface area contributed by atoms with Crippen molar-refractivity contribution in [3.8, 4) is 0 Å². The first-order chi connectivity index (χ1) is 8.93. The van der Waals surface area contributed by atoms with Crippen molar-refractivity contribution in [2.75, 3.05) is 26.3 Å². The zero-order valence-corrected chi connectivity index (χ0v) is 12.1. The Morgan fingerprint density at radius 2 is 2.11 bits per heavy atom. The molecular formula is C12H20N2O4S. The van der Waals surface area contributed by atoms with Crippen LogP contribution in [0, 0.1) is 0 Å². The van der Waals surface area contributed by atoms with Crippen LogP contribution in [0.25, 0.3) is 0 Å². The molecule has 3 heterocycles. The van der Waals surface area contributed by atoms with E-state index in [-0.39, 0.29) is 11.3 Å². The van der Waals surface area contributed by atoms with E-state index in [9.17, 15) is 14.7 Å². The van der Waals surface area contributed by atoms with Crippen molar-refractivity contribution in [3.05, 3.63) is 0 Å². The van der Waals surface area contributed by atoms with Gasteiger partial charge in [-0.2, -0.15) is 0 Å². The number of carbonyl (C=O) groups is 2. The Balaban J connectivity index is 0.000000186. The van der Waals surface area contributed by atoms with E-state index in [2.05, 4.69) is 5.32 Å². The molecule has 0 aromatic heterocycles. The van der Waals surface area contributed by atoms with Gasteiger partial charge in [-0.3, -0.25) is 4.79 Å². The molecule has 0 aromatic carbocycles. The lowest BCUT2D eigenvalue weighted by molar-refractivity contribution is -0.670. The molecule has 0 aliphatic carbocycles. The van der Waals surface area contributed by atoms with Crippen molar-refractivity contribution in [3.63, 3.8) is 0 Å². The number of carbonyl (C=O) groups excluding carboxylic acids is 2. The highest BCUT2D eigenvalue weighted by Gasteiger charge is 2.55. The third-order valence-electron chi connectivity index (χ3n) is 3.48. The zero-order valence-electron chi connectivity index (χ0n) is 11.3. The van der Waals surface area contributed by atoms with Gasteiger partial charge in [-0.1, -0.05) is 0 Å². The maximum absolute atomic E-state index is 11.1. The van der Waals surface area contributed by atoms with Gasteiger partial charge in [-0.15, -0.1) is 11.8 Å². The molecule has 108 valence electrons. The number of nitrogens with zero attached hydrogens (tertiary/aromatic N) is 1. The van der Waals surface area contributed by atoms with Crippen LogP contribution in [0.4, 0.5) is 0 Å². The highest BCUT2D eigenvalue weighted by atomic mass is 32.2. The smallest absolute Gasteiger partial charge is 0.227 e. The first-order valence-corrected chi connectivity index (χ1v) is 7.40. The summed E-state index contributed by atoms with van der Waals surface area (Å²) in [5.41, 5.74) is 0. The predicted octanol–water partition coefficient (Wildman–Crippen LogP) is -2.23. The number of hydrogen-bond donors (Lipinski definition) is 1. The van der Waals surface area contributed by atoms with Gasteiger partial charge >= 0.3 is 0 Å². The minimum Gasteiger partial charge on any atom is -0.548 e. The third-order valence-corrected chi connectivity index (χ3v) is 4.98. The van der Waals surface area contributed by atoms with E-state index in [0.717, 1.165) is 26.3 Å². The molecule has 1 amide bonds. The van der Waals surface area contributed by atoms with Crippen molar-refractivity contribution in [2.24, 2.45) is 0 Å². The number of aliphatic carboxylic acids is 1. The fourth-order valence-electron chi connectivity index (χ4n) is 2.54. The van der Waals surface area contributed by atoms with Gasteiger partial charge in [-0.05, 0) is 13.8 Å². The van der Waals surface area contributed by atoms with Gasteiger partial charge in [0, 0.05) is 4.75 Å². The summed E-state index contributed by atoms with van der Waals surface area (Å²) >= 11 is 1.54. The topological polar surface area (TPSA) is 86.3 Å². The molecule has 2 atom stereocenters. The molecule has 0 unspecified atom stereocenters. The number of hydrogen-bond acceptors (Lipinski definition) is 5. The van der Waals surface area contributed by atoms with Gasteiger partial charge in [0.05, 0.1) is 50.1 Å². The van der Waals surface area contributed by atoms with Gasteiger partial charge < -0.3 is 24.9 Å². The molecule has 3 saturated heterocycles. The Morgan fingerprint density at radius 3 is 2.42 bits per heavy atom. The maximum Gasteiger partial charge on any atom is 0.227 e. The minimum absolute atomic E-state index is 0.0606. The number of nitrogens with two attached hydrogens (primary N) is 1. The highest BCUT2D eigenvalue weighted by molar-refractivity contribution is 8.01. The maximum atomic E-state index is 11.1. The molecule has 0 aromatic rings. The summed E-state index contributed by atoms with van der Waals surface area (Å²) in [4.78, 5) is 23.4. The van der Waals surface area contributed by atoms with Crippen molar-refractivity contribution < 1.29 is 24.7 Å². The van der Waals surface area contributed by atoms with Crippen LogP contribution in [0.2, 0.25) is 0 Å². The number of thioether (sulfide) groups is 1. The lowest BCUT2D eigenvalue weighted by Gasteiger charge is -2.39. The van der Waals surface area contributed by atoms with Crippen LogP contribution in [0.3, 0.4) is 0 Å². The largest absolute Gasteiger partial charge is 0.548 e. The molecule has 6 nitrogen and oxygen atoms in total. The van der Waals surface area contributed by atoms with Crippen LogP contribution < -0.4 is 10.4 Å². The lowest BCUT2D eigenvalue weighted by atomic mass is 9.98. The van der Waals surface area contributed by atoms with Gasteiger partial charge in [0.1, 0.15) is 0 Å². The first-order valence-electron chi connectivity index (χ1n) is 6.53. The molecule has 3 aliphatic heterocycles. The molecule has 0 saturated carbocycles. The molecule has 3 rings (SSSR count). The van der Waals surface area contributed by atoms with Crippen LogP contribution >= 0.6 is 11.8 Å². The van der Waals surface area contributed by atoms with Crippen molar-refractivity contribution in [1.29, 1.82) is 0 Å². The number of amides is 1. The standard InChI is InChI=1S/C8H11NO3S.C4H9NO/c1-8(2)6(7(11)12)9-4(10)3-5(9)13-8;1-3-6-4-2-5-1/h5-6H,3H2,1-2H3,(H,11,12);5H,1-4H2/t5-,6+;/m1./s1. The summed E-state index contributed by atoms with van der Waals surface area (Å²) in [7, 11) is 0. The molecule has 3 aliphatic rings. The second kappa shape index (κ2) is 5.68. The summed E-state index contributed by atoms with van der Waals surface area (Å²) in [5.74, 6) is -1.22. The quantitative estimate of drug-likeness (QED) is 0.552. The number of quaternary nitrogens is 1. The van der Waals surface area contributed by atoms with Gasteiger partial charge in [0.2, 0.25) is 5.91 Å². The fourth-order valence-corrected chi connectivity index (χ4v) is 4.16. The van der Waals surface area contributed by atoms with Crippen LogP contribution in [0.1, 0.15) is 20.3 Å². The summed E-state index contributed by atoms with van der Waals surface area (Å²) < 4.78 is 4.62. The van der Waals surface area contributed by atoms with Gasteiger partial charge in [-0.25, -0.2) is 0 Å². The van der Waals surface area contributed by atoms with E-state index < -0.39 is 16.8 Å². The number of β-lactam (4-membered cyclic amide) rings is 1. The molecule has 0 radical (unpaired) electrons. The van der Waals surface area contributed by atoms with E-state index in [4.69, 9.17) is 4.74 Å². The Kier molecular flexibility index (Phi) is 4.37. The summed E-state index contributed by atoms with van der Waals surface area (Å²) in [6.45, 7) is 7.87. The number of fused-ring (bicyclic) bond motifs is 1. The predicted molar refractivity (Wildman–Crippen MR) is 68.2 cm³/mol. The van der Waals surface area contributed by atoms with Crippen LogP contribution in [0.15, 0.2) is 0 Å². The Hall–Kier alpha value is -0.790. The van der Waals surface area contributed by atoms with E-state index in [1.165, 1.54) is 4.90 Å². The van der Waals surface area contributed by atoms with Crippen LogP contribution in [0.5, 0.6) is 0 Å². The van der Waals surface area contributed by atoms with E-state index >= 15 is 0 Å². The van der Waals surface area contributed by atoms with E-state index in [0.29, 0.717) is 6.42 Å². The summed E-state index contributed by atoms with van der Waals surface area (Å²) in [5, 5.41) is 13.2. The Bertz CT molecular complexity index is 359. The van der Waals surface area contributed by atoms with Crippen molar-refractivity contribution in [1.82, 2.24) is 4.90 Å². The number of carboxylic acids is 1. The second-order valence-corrected chi connectivity index (χ2v) is 7.21. The summed E-state index contributed by atoms with van der Waals surface area (Å²) in [6, 6.07) is -0.760. The minimum atomic E-state index is -1.15. The zero-order chi connectivity index (χ0) is 14.0. The fraction of sp³-hybridized carbons (Fsp3) is 0.833. The molecular weight excluding hydrogens is 268 g/mol. The monoisotopic (exact) mass is 288 g/mol. The number of rotatable bonds is 1. The molecule has 0 spiro atoms. The van der Waals surface area contributed by atoms with Gasteiger partial charge in [0.25, 0.3) is 0 Å². The first kappa shape index (κ1) is 14.6. The molecule has 0 bridgehead atoms. The van der Waals surface area contributed by atoms with Crippen LogP contribution in [-0.4, -0.2) is 59.2 Å². The molecule has 19 heavy (non-hydrogen) atoms. The second-order valence-electron chi connectivity index (χ2n) is 5.38. The molecule has 3 fully saturated rings.